The molecule has 1 saturated heterocycles. The Labute approximate surface area is 185 Å². The lowest BCUT2D eigenvalue weighted by Gasteiger charge is -2.33. The summed E-state index contributed by atoms with van der Waals surface area (Å²) < 4.78 is 27.7. The smallest absolute Gasteiger partial charge is 0.277 e. The molecule has 0 atom stereocenters. The fraction of sp³-hybridized carbons (Fsp3) is 0.458. The highest BCUT2D eigenvalue weighted by Crippen LogP contribution is 2.23. The number of carbonyl (C=O) groups is 1. The molecule has 2 N–H and O–H groups in total. The van der Waals surface area contributed by atoms with E-state index in [-0.39, 0.29) is 5.91 Å². The van der Waals surface area contributed by atoms with Crippen molar-refractivity contribution in [1.29, 1.82) is 0 Å². The van der Waals surface area contributed by atoms with Crippen LogP contribution in [0.15, 0.2) is 59.0 Å². The Bertz CT molecular complexity index is 1060. The molecule has 4 rings (SSSR count). The number of piperazine rings is 1. The Hall–Kier alpha value is -2.22. The molecule has 0 aromatic heterocycles. The lowest BCUT2D eigenvalue weighted by molar-refractivity contribution is -0.644. The molecule has 0 bridgehead atoms. The van der Waals surface area contributed by atoms with E-state index in [1.165, 1.54) is 35.6 Å². The van der Waals surface area contributed by atoms with E-state index in [1.54, 1.807) is 17.0 Å². The predicted molar refractivity (Wildman–Crippen MR) is 122 cm³/mol. The van der Waals surface area contributed by atoms with Gasteiger partial charge in [-0.25, -0.2) is 8.42 Å². The number of nitrogens with two attached hydrogens (primary N) is 1. The minimum Gasteiger partial charge on any atom is -0.338 e. The standard InChI is InChI=1S/C24H31N3O3S/c28-24(19-25-13-12-20-6-2-1-3-7-20)26-14-16-27(17-15-26)31(29,30)23-11-10-21-8-4-5-9-22(21)18-23/h4-6,8-11,18,25H,1-3,7,12-17,19H2/p+1. The van der Waals surface area contributed by atoms with Gasteiger partial charge < -0.3 is 10.2 Å². The second-order valence-electron chi connectivity index (χ2n) is 8.43. The zero-order valence-corrected chi connectivity index (χ0v) is 18.8. The Morgan fingerprint density at radius 1 is 0.968 bits per heavy atom. The first-order chi connectivity index (χ1) is 15.0. The number of nitrogens with zero attached hydrogens (tertiary/aromatic N) is 2. The first-order valence-electron chi connectivity index (χ1n) is 11.3. The zero-order valence-electron chi connectivity index (χ0n) is 18.0. The van der Waals surface area contributed by atoms with Crippen LogP contribution in [0.4, 0.5) is 0 Å². The second-order valence-corrected chi connectivity index (χ2v) is 10.4. The van der Waals surface area contributed by atoms with Crippen molar-refractivity contribution in [3.63, 3.8) is 0 Å². The summed E-state index contributed by atoms with van der Waals surface area (Å²) in [4.78, 5) is 14.6. The average Bonchev–Trinajstić information content (AvgIpc) is 2.82. The number of quaternary nitrogens is 1. The molecule has 7 heteroatoms. The fourth-order valence-electron chi connectivity index (χ4n) is 4.43. The van der Waals surface area contributed by atoms with Gasteiger partial charge in [0, 0.05) is 32.6 Å². The maximum Gasteiger partial charge on any atom is 0.277 e. The van der Waals surface area contributed by atoms with Crippen molar-refractivity contribution < 1.29 is 18.5 Å². The molecule has 6 nitrogen and oxygen atoms in total. The van der Waals surface area contributed by atoms with E-state index in [9.17, 15) is 13.2 Å². The number of benzene rings is 2. The lowest BCUT2D eigenvalue weighted by atomic mass is 9.97. The molecule has 1 fully saturated rings. The van der Waals surface area contributed by atoms with Crippen LogP contribution in [0, 0.1) is 0 Å². The number of amides is 1. The highest BCUT2D eigenvalue weighted by Gasteiger charge is 2.30. The van der Waals surface area contributed by atoms with Crippen LogP contribution in [-0.4, -0.2) is 62.8 Å². The number of hydrogen-bond donors (Lipinski definition) is 1. The zero-order chi connectivity index (χ0) is 21.7. The van der Waals surface area contributed by atoms with Crippen LogP contribution in [0.1, 0.15) is 32.1 Å². The van der Waals surface area contributed by atoms with Crippen molar-refractivity contribution in [3.05, 3.63) is 54.1 Å². The van der Waals surface area contributed by atoms with Gasteiger partial charge in [-0.15, -0.1) is 0 Å². The Kier molecular flexibility index (Phi) is 7.05. The molecule has 0 unspecified atom stereocenters. The van der Waals surface area contributed by atoms with Crippen LogP contribution >= 0.6 is 0 Å². The minimum absolute atomic E-state index is 0.0976. The molecular formula is C24H32N3O3S+. The van der Waals surface area contributed by atoms with Crippen molar-refractivity contribution >= 4 is 26.7 Å². The number of carbonyl (C=O) groups excluding carboxylic acids is 1. The first-order valence-corrected chi connectivity index (χ1v) is 12.7. The van der Waals surface area contributed by atoms with Crippen LogP contribution in [0.2, 0.25) is 0 Å². The number of rotatable bonds is 7. The SMILES string of the molecule is O=C(C[NH2+]CCC1=CCCCC1)N1CCN(S(=O)(=O)c2ccc3ccccc3c2)CC1. The van der Waals surface area contributed by atoms with E-state index >= 15 is 0 Å². The number of allylic oxidation sites excluding steroid dienone is 1. The third-order valence-corrected chi connectivity index (χ3v) is 8.22. The summed E-state index contributed by atoms with van der Waals surface area (Å²) >= 11 is 0. The van der Waals surface area contributed by atoms with Crippen LogP contribution in [0.25, 0.3) is 10.8 Å². The van der Waals surface area contributed by atoms with Crippen molar-refractivity contribution in [2.24, 2.45) is 0 Å². The van der Waals surface area contributed by atoms with Crippen molar-refractivity contribution in [2.45, 2.75) is 37.0 Å². The quantitative estimate of drug-likeness (QED) is 0.527. The number of hydrogen-bond acceptors (Lipinski definition) is 3. The van der Waals surface area contributed by atoms with Gasteiger partial charge >= 0.3 is 0 Å². The van der Waals surface area contributed by atoms with Gasteiger partial charge in [-0.1, -0.05) is 42.0 Å². The molecule has 0 radical (unpaired) electrons. The summed E-state index contributed by atoms with van der Waals surface area (Å²) in [5.41, 5.74) is 1.53. The van der Waals surface area contributed by atoms with Gasteiger partial charge in [0.05, 0.1) is 11.4 Å². The highest BCUT2D eigenvalue weighted by molar-refractivity contribution is 7.89. The topological polar surface area (TPSA) is 74.3 Å². The third-order valence-electron chi connectivity index (χ3n) is 6.32. The van der Waals surface area contributed by atoms with Gasteiger partial charge in [0.15, 0.2) is 6.54 Å². The van der Waals surface area contributed by atoms with E-state index < -0.39 is 10.0 Å². The molecule has 1 aliphatic heterocycles. The second kappa shape index (κ2) is 9.94. The van der Waals surface area contributed by atoms with Gasteiger partial charge in [0.25, 0.3) is 5.91 Å². The summed E-state index contributed by atoms with van der Waals surface area (Å²) in [6, 6.07) is 13.0. The van der Waals surface area contributed by atoms with Crippen LogP contribution in [0.5, 0.6) is 0 Å². The Morgan fingerprint density at radius 3 is 2.48 bits per heavy atom. The summed E-state index contributed by atoms with van der Waals surface area (Å²) in [5.74, 6) is 0.0976. The lowest BCUT2D eigenvalue weighted by Crippen LogP contribution is -2.87. The summed E-state index contributed by atoms with van der Waals surface area (Å²) in [6.07, 6.45) is 8.40. The van der Waals surface area contributed by atoms with Gasteiger partial charge in [0.2, 0.25) is 10.0 Å². The monoisotopic (exact) mass is 442 g/mol. The summed E-state index contributed by atoms with van der Waals surface area (Å²) in [7, 11) is -3.55. The van der Waals surface area contributed by atoms with Crippen LogP contribution in [-0.2, 0) is 14.8 Å². The number of fused-ring (bicyclic) bond motifs is 1. The molecule has 2 aliphatic rings. The normalized spacial score (nSPS) is 18.2. The maximum atomic E-state index is 13.1. The molecule has 0 spiro atoms. The van der Waals surface area contributed by atoms with E-state index in [1.807, 2.05) is 30.3 Å². The summed E-state index contributed by atoms with van der Waals surface area (Å²) in [6.45, 7) is 2.95. The molecule has 1 aliphatic carbocycles. The molecule has 1 heterocycles. The van der Waals surface area contributed by atoms with E-state index in [0.29, 0.717) is 37.6 Å². The fourth-order valence-corrected chi connectivity index (χ4v) is 5.89. The van der Waals surface area contributed by atoms with Gasteiger partial charge in [0.1, 0.15) is 0 Å². The molecule has 0 saturated carbocycles. The molecule has 1 amide bonds. The average molecular weight is 443 g/mol. The molecule has 2 aromatic rings. The van der Waals surface area contributed by atoms with Gasteiger partial charge in [-0.2, -0.15) is 4.31 Å². The predicted octanol–water partition coefficient (Wildman–Crippen LogP) is 2.13. The highest BCUT2D eigenvalue weighted by atomic mass is 32.2. The Balaban J connectivity index is 1.27. The maximum absolute atomic E-state index is 13.1. The van der Waals surface area contributed by atoms with Crippen molar-refractivity contribution in [2.75, 3.05) is 39.3 Å². The largest absolute Gasteiger partial charge is 0.338 e. The summed E-state index contributed by atoms with van der Waals surface area (Å²) in [5, 5.41) is 4.01. The van der Waals surface area contributed by atoms with E-state index in [2.05, 4.69) is 11.4 Å². The van der Waals surface area contributed by atoms with Gasteiger partial charge in [-0.05, 0) is 48.6 Å². The molecule has 2 aromatic carbocycles. The van der Waals surface area contributed by atoms with Crippen LogP contribution in [0.3, 0.4) is 0 Å². The van der Waals surface area contributed by atoms with Crippen LogP contribution < -0.4 is 5.32 Å². The molecular weight excluding hydrogens is 410 g/mol. The number of sulfonamides is 1. The van der Waals surface area contributed by atoms with Crippen molar-refractivity contribution in [3.8, 4) is 0 Å². The molecule has 31 heavy (non-hydrogen) atoms. The first kappa shape index (κ1) is 22.0. The Morgan fingerprint density at radius 2 is 1.74 bits per heavy atom. The van der Waals surface area contributed by atoms with E-state index in [4.69, 9.17) is 0 Å². The van der Waals surface area contributed by atoms with Gasteiger partial charge in [-0.3, -0.25) is 4.79 Å². The molecule has 166 valence electrons. The minimum atomic E-state index is -3.55. The third kappa shape index (κ3) is 5.34. The van der Waals surface area contributed by atoms with E-state index in [0.717, 1.165) is 23.7 Å². The van der Waals surface area contributed by atoms with Crippen molar-refractivity contribution in [1.82, 2.24) is 9.21 Å².